The molecule has 1 aromatic heterocycles. The first kappa shape index (κ1) is 14.2. The van der Waals surface area contributed by atoms with Gasteiger partial charge >= 0.3 is 0 Å². The maximum atomic E-state index is 13.2. The highest BCUT2D eigenvalue weighted by atomic mass is 19.2. The van der Waals surface area contributed by atoms with Crippen molar-refractivity contribution >= 4 is 5.91 Å². The Hall–Kier alpha value is -2.44. The molecule has 0 atom stereocenters. The summed E-state index contributed by atoms with van der Waals surface area (Å²) in [6.45, 7) is 0.473. The van der Waals surface area contributed by atoms with Crippen LogP contribution in [0.25, 0.3) is 0 Å². The molecule has 1 saturated carbocycles. The normalized spacial score (nSPS) is 25.3. The van der Waals surface area contributed by atoms with Crippen LogP contribution in [0.4, 0.5) is 8.78 Å². The second-order valence-electron chi connectivity index (χ2n) is 6.11. The van der Waals surface area contributed by atoms with Gasteiger partial charge in [0.05, 0.1) is 0 Å². The summed E-state index contributed by atoms with van der Waals surface area (Å²) in [7, 11) is 0. The molecule has 120 valence electrons. The van der Waals surface area contributed by atoms with Crippen molar-refractivity contribution in [3.8, 4) is 5.75 Å². The molecule has 2 aromatic rings. The minimum Gasteiger partial charge on any atom is -0.484 e. The van der Waals surface area contributed by atoms with Crippen molar-refractivity contribution in [2.24, 2.45) is 5.92 Å². The molecular weight excluding hydrogens is 304 g/mol. The molecule has 5 rings (SSSR count). The van der Waals surface area contributed by atoms with Gasteiger partial charge < -0.3 is 14.6 Å². The number of rotatable bonds is 4. The molecule has 3 aliphatic rings. The van der Waals surface area contributed by atoms with E-state index in [2.05, 4.69) is 9.97 Å². The lowest BCUT2D eigenvalue weighted by molar-refractivity contribution is -0.137. The zero-order valence-corrected chi connectivity index (χ0v) is 12.3. The van der Waals surface area contributed by atoms with E-state index in [4.69, 9.17) is 4.74 Å². The zero-order chi connectivity index (χ0) is 16.0. The number of amides is 1. The number of carbonyl (C=O) groups is 1. The van der Waals surface area contributed by atoms with Crippen molar-refractivity contribution < 1.29 is 18.3 Å². The zero-order valence-electron chi connectivity index (χ0n) is 12.3. The third-order valence-electron chi connectivity index (χ3n) is 4.70. The number of hydrogen-bond acceptors (Lipinski definition) is 3. The van der Waals surface area contributed by atoms with Crippen molar-refractivity contribution in [1.82, 2.24) is 14.9 Å². The van der Waals surface area contributed by atoms with E-state index in [-0.39, 0.29) is 23.8 Å². The van der Waals surface area contributed by atoms with E-state index in [0.717, 1.165) is 30.8 Å². The Morgan fingerprint density at radius 2 is 2.22 bits per heavy atom. The number of carbonyl (C=O) groups excluding carboxylic acids is 1. The van der Waals surface area contributed by atoms with Crippen LogP contribution in [0.2, 0.25) is 0 Å². The highest BCUT2D eigenvalue weighted by molar-refractivity contribution is 5.79. The fraction of sp³-hybridized carbons (Fsp3) is 0.375. The summed E-state index contributed by atoms with van der Waals surface area (Å²) in [6.07, 6.45) is 5.22. The summed E-state index contributed by atoms with van der Waals surface area (Å²) >= 11 is 0. The molecule has 0 radical (unpaired) electrons. The molecule has 2 bridgehead atoms. The Morgan fingerprint density at radius 3 is 2.91 bits per heavy atom. The number of benzene rings is 1. The average molecular weight is 319 g/mol. The van der Waals surface area contributed by atoms with Gasteiger partial charge in [-0.25, -0.2) is 13.8 Å². The van der Waals surface area contributed by atoms with Crippen molar-refractivity contribution in [3.05, 3.63) is 48.1 Å². The molecule has 1 amide bonds. The Labute approximate surface area is 131 Å². The van der Waals surface area contributed by atoms with E-state index < -0.39 is 11.6 Å². The van der Waals surface area contributed by atoms with E-state index in [1.54, 1.807) is 17.3 Å². The van der Waals surface area contributed by atoms with E-state index >= 15 is 0 Å². The minimum atomic E-state index is -0.995. The van der Waals surface area contributed by atoms with Gasteiger partial charge in [-0.1, -0.05) is 0 Å². The first-order valence-corrected chi connectivity index (χ1v) is 7.47. The molecule has 1 aromatic carbocycles. The summed E-state index contributed by atoms with van der Waals surface area (Å²) < 4.78 is 31.4. The lowest BCUT2D eigenvalue weighted by Crippen LogP contribution is -2.48. The van der Waals surface area contributed by atoms with Crippen LogP contribution in [0.5, 0.6) is 5.75 Å². The van der Waals surface area contributed by atoms with Gasteiger partial charge in [0.2, 0.25) is 0 Å². The topological polar surface area (TPSA) is 58.2 Å². The largest absolute Gasteiger partial charge is 0.484 e. The van der Waals surface area contributed by atoms with Crippen LogP contribution < -0.4 is 4.74 Å². The first-order valence-electron chi connectivity index (χ1n) is 7.47. The molecule has 1 aliphatic carbocycles. The van der Waals surface area contributed by atoms with Crippen molar-refractivity contribution in [2.45, 2.75) is 18.4 Å². The van der Waals surface area contributed by atoms with E-state index in [0.29, 0.717) is 12.5 Å². The predicted molar refractivity (Wildman–Crippen MR) is 76.6 cm³/mol. The van der Waals surface area contributed by atoms with E-state index in [1.807, 2.05) is 0 Å². The van der Waals surface area contributed by atoms with Gasteiger partial charge in [-0.15, -0.1) is 0 Å². The number of aromatic amines is 1. The van der Waals surface area contributed by atoms with Crippen LogP contribution in [0.1, 0.15) is 18.7 Å². The SMILES string of the molecule is O=C(COc1ccc(F)c(F)c1)N1CC2CC1(c1ncc[nH]1)C2. The molecular formula is C16H15F2N3O2. The number of hydrogen-bond donors (Lipinski definition) is 1. The molecule has 3 heterocycles. The minimum absolute atomic E-state index is 0.135. The van der Waals surface area contributed by atoms with Crippen LogP contribution in [0, 0.1) is 17.6 Å². The van der Waals surface area contributed by atoms with Gasteiger partial charge in [-0.3, -0.25) is 4.79 Å². The Kier molecular flexibility index (Phi) is 3.11. The summed E-state index contributed by atoms with van der Waals surface area (Å²) in [5.41, 5.74) is -0.358. The Balaban J connectivity index is 1.46. The summed E-state index contributed by atoms with van der Waals surface area (Å²) in [6, 6.07) is 3.22. The lowest BCUT2D eigenvalue weighted by Gasteiger charge is -2.40. The van der Waals surface area contributed by atoms with E-state index in [1.165, 1.54) is 6.07 Å². The van der Waals surface area contributed by atoms with Crippen molar-refractivity contribution in [2.75, 3.05) is 13.2 Å². The molecule has 2 saturated heterocycles. The number of ether oxygens (including phenoxy) is 1. The van der Waals surface area contributed by atoms with Crippen LogP contribution in [-0.4, -0.2) is 33.9 Å². The fourth-order valence-corrected chi connectivity index (χ4v) is 3.65. The van der Waals surface area contributed by atoms with Crippen molar-refractivity contribution in [3.63, 3.8) is 0 Å². The fourth-order valence-electron chi connectivity index (χ4n) is 3.65. The van der Waals surface area contributed by atoms with E-state index in [9.17, 15) is 13.6 Å². The number of aromatic nitrogens is 2. The standard InChI is InChI=1S/C16H15F2N3O2/c17-12-2-1-11(5-13(12)18)23-9-14(22)21-8-10-6-16(21,7-10)15-19-3-4-20-15/h1-5,10H,6-9H2,(H,19,20). The summed E-state index contributed by atoms with van der Waals surface area (Å²) in [5, 5.41) is 0. The van der Waals surface area contributed by atoms with Crippen molar-refractivity contribution in [1.29, 1.82) is 0 Å². The van der Waals surface area contributed by atoms with Crippen LogP contribution in [0.15, 0.2) is 30.6 Å². The number of halogens is 2. The maximum absolute atomic E-state index is 13.2. The van der Waals surface area contributed by atoms with Crippen LogP contribution in [-0.2, 0) is 10.3 Å². The lowest BCUT2D eigenvalue weighted by atomic mass is 9.72. The smallest absolute Gasteiger partial charge is 0.261 e. The quantitative estimate of drug-likeness (QED) is 0.940. The number of nitrogens with one attached hydrogen (secondary N) is 1. The first-order chi connectivity index (χ1) is 11.1. The number of nitrogens with zero attached hydrogens (tertiary/aromatic N) is 2. The molecule has 0 unspecified atom stereocenters. The molecule has 2 aliphatic heterocycles. The molecule has 5 nitrogen and oxygen atoms in total. The number of H-pyrrole nitrogens is 1. The molecule has 7 heteroatoms. The van der Waals surface area contributed by atoms with Crippen LogP contribution in [0.3, 0.4) is 0 Å². The van der Waals surface area contributed by atoms with Gasteiger partial charge in [-0.05, 0) is 30.9 Å². The third-order valence-corrected chi connectivity index (χ3v) is 4.70. The third kappa shape index (κ3) is 2.18. The average Bonchev–Trinajstić information content (AvgIpc) is 3.20. The number of fused-ring (bicyclic) bond motifs is 1. The molecule has 3 fully saturated rings. The molecule has 0 spiro atoms. The highest BCUT2D eigenvalue weighted by Gasteiger charge is 2.60. The van der Waals surface area contributed by atoms with Gasteiger partial charge in [0, 0.05) is 25.0 Å². The van der Waals surface area contributed by atoms with Gasteiger partial charge in [0.1, 0.15) is 17.1 Å². The molecule has 23 heavy (non-hydrogen) atoms. The Bertz CT molecular complexity index is 742. The van der Waals surface area contributed by atoms with Gasteiger partial charge in [-0.2, -0.15) is 0 Å². The predicted octanol–water partition coefficient (Wildman–Crippen LogP) is 2.21. The second-order valence-corrected chi connectivity index (χ2v) is 6.11. The monoisotopic (exact) mass is 319 g/mol. The maximum Gasteiger partial charge on any atom is 0.261 e. The highest BCUT2D eigenvalue weighted by Crippen LogP contribution is 2.55. The number of imidazole rings is 1. The summed E-state index contributed by atoms with van der Waals surface area (Å²) in [4.78, 5) is 21.7. The van der Waals surface area contributed by atoms with Crippen LogP contribution >= 0.6 is 0 Å². The van der Waals surface area contributed by atoms with Gasteiger partial charge in [0.25, 0.3) is 5.91 Å². The Morgan fingerprint density at radius 1 is 1.39 bits per heavy atom. The molecule has 1 N–H and O–H groups in total. The summed E-state index contributed by atoms with van der Waals surface area (Å²) in [5.74, 6) is -0.687. The van der Waals surface area contributed by atoms with Gasteiger partial charge in [0.15, 0.2) is 18.2 Å². The second kappa shape index (κ2) is 5.04.